The van der Waals surface area contributed by atoms with Crippen LogP contribution in [0.2, 0.25) is 0 Å². The van der Waals surface area contributed by atoms with E-state index in [4.69, 9.17) is 4.74 Å². The summed E-state index contributed by atoms with van der Waals surface area (Å²) in [5, 5.41) is 17.2. The lowest BCUT2D eigenvalue weighted by Crippen LogP contribution is -2.37. The molecule has 1 aliphatic rings. The van der Waals surface area contributed by atoms with Gasteiger partial charge in [0.1, 0.15) is 30.3 Å². The predicted molar refractivity (Wildman–Crippen MR) is 87.2 cm³/mol. The number of aliphatic hydroxyl groups excluding tert-OH is 1. The van der Waals surface area contributed by atoms with E-state index in [1.54, 1.807) is 23.1 Å². The Bertz CT molecular complexity index is 695. The van der Waals surface area contributed by atoms with E-state index in [2.05, 4.69) is 15.4 Å². The van der Waals surface area contributed by atoms with Crippen LogP contribution in [-0.2, 0) is 11.3 Å². The third-order valence-electron chi connectivity index (χ3n) is 4.37. The van der Waals surface area contributed by atoms with Crippen LogP contribution in [0.5, 0.6) is 5.75 Å². The van der Waals surface area contributed by atoms with Crippen LogP contribution in [0.3, 0.4) is 0 Å². The molecule has 134 valence electrons. The zero-order valence-corrected chi connectivity index (χ0v) is 13.7. The van der Waals surface area contributed by atoms with Gasteiger partial charge in [0.2, 0.25) is 5.91 Å². The number of benzene rings is 1. The predicted octanol–water partition coefficient (Wildman–Crippen LogP) is 1.14. The second-order valence-electron chi connectivity index (χ2n) is 6.15. The number of halogens is 1. The molecule has 8 heteroatoms. The van der Waals surface area contributed by atoms with Crippen LogP contribution < -0.4 is 10.1 Å². The van der Waals surface area contributed by atoms with Crippen molar-refractivity contribution in [3.63, 3.8) is 0 Å². The molecule has 0 radical (unpaired) electrons. The van der Waals surface area contributed by atoms with Gasteiger partial charge in [0.15, 0.2) is 0 Å². The van der Waals surface area contributed by atoms with Crippen molar-refractivity contribution in [2.75, 3.05) is 6.54 Å². The maximum atomic E-state index is 13.2. The van der Waals surface area contributed by atoms with Crippen molar-refractivity contribution in [1.29, 1.82) is 0 Å². The highest BCUT2D eigenvalue weighted by molar-refractivity contribution is 5.75. The average molecular weight is 348 g/mol. The Morgan fingerprint density at radius 1 is 1.44 bits per heavy atom. The molecule has 1 amide bonds. The van der Waals surface area contributed by atoms with E-state index in [0.29, 0.717) is 31.7 Å². The lowest BCUT2D eigenvalue weighted by molar-refractivity contribution is -0.121. The normalized spacial score (nSPS) is 22.7. The summed E-state index contributed by atoms with van der Waals surface area (Å²) in [5.74, 6) is -0.145. The molecule has 0 unspecified atom stereocenters. The molecule has 7 nitrogen and oxygen atoms in total. The number of ether oxygens (including phenoxy) is 1. The fourth-order valence-corrected chi connectivity index (χ4v) is 2.99. The second-order valence-corrected chi connectivity index (χ2v) is 6.15. The van der Waals surface area contributed by atoms with Crippen LogP contribution in [0.25, 0.3) is 0 Å². The summed E-state index contributed by atoms with van der Waals surface area (Å²) in [7, 11) is 0. The Balaban J connectivity index is 1.42. The van der Waals surface area contributed by atoms with E-state index in [9.17, 15) is 14.3 Å². The molecule has 3 atom stereocenters. The number of aromatic nitrogens is 3. The Morgan fingerprint density at radius 3 is 3.08 bits per heavy atom. The molecule has 0 spiro atoms. The van der Waals surface area contributed by atoms with Crippen molar-refractivity contribution >= 4 is 5.91 Å². The summed E-state index contributed by atoms with van der Waals surface area (Å²) in [5.41, 5.74) is 0. The maximum absolute atomic E-state index is 13.2. The zero-order valence-electron chi connectivity index (χ0n) is 13.7. The Morgan fingerprint density at radius 2 is 2.32 bits per heavy atom. The van der Waals surface area contributed by atoms with E-state index in [1.165, 1.54) is 18.5 Å². The van der Waals surface area contributed by atoms with E-state index >= 15 is 0 Å². The first-order chi connectivity index (χ1) is 12.1. The molecule has 0 bridgehead atoms. The number of carbonyl (C=O) groups is 1. The topological polar surface area (TPSA) is 89.3 Å². The molecule has 1 heterocycles. The monoisotopic (exact) mass is 348 g/mol. The first-order valence-electron chi connectivity index (χ1n) is 8.31. The smallest absolute Gasteiger partial charge is 0.221 e. The fraction of sp³-hybridized carbons (Fsp3) is 0.471. The molecule has 2 aromatic rings. The van der Waals surface area contributed by atoms with Crippen molar-refractivity contribution < 1.29 is 19.0 Å². The summed E-state index contributed by atoms with van der Waals surface area (Å²) in [6.45, 7) is 0.852. The standard InChI is InChI=1S/C17H21FN4O3/c18-13-2-1-3-14(8-13)25-15-5-4-12(17(15)24)9-20-16(23)6-7-22-11-19-10-21-22/h1-3,8,10-12,15,17,24H,4-7,9H2,(H,20,23)/t12-,15-,17-/m1/s1. The molecule has 1 aromatic carbocycles. The molecule has 25 heavy (non-hydrogen) atoms. The van der Waals surface area contributed by atoms with Gasteiger partial charge in [-0.15, -0.1) is 0 Å². The van der Waals surface area contributed by atoms with Gasteiger partial charge in [-0.3, -0.25) is 9.48 Å². The molecule has 0 aliphatic heterocycles. The minimum atomic E-state index is -0.695. The minimum Gasteiger partial charge on any atom is -0.488 e. The minimum absolute atomic E-state index is 0.0751. The number of rotatable bonds is 7. The number of hydrogen-bond acceptors (Lipinski definition) is 5. The van der Waals surface area contributed by atoms with Gasteiger partial charge in [-0.1, -0.05) is 6.07 Å². The lowest BCUT2D eigenvalue weighted by atomic mass is 10.1. The molecule has 1 aromatic heterocycles. The van der Waals surface area contributed by atoms with Gasteiger partial charge in [0, 0.05) is 24.9 Å². The summed E-state index contributed by atoms with van der Waals surface area (Å²) in [4.78, 5) is 15.7. The Hall–Kier alpha value is -2.48. The Kier molecular flexibility index (Phi) is 5.60. The highest BCUT2D eigenvalue weighted by atomic mass is 19.1. The van der Waals surface area contributed by atoms with Gasteiger partial charge in [-0.25, -0.2) is 9.37 Å². The van der Waals surface area contributed by atoms with Gasteiger partial charge >= 0.3 is 0 Å². The van der Waals surface area contributed by atoms with Crippen LogP contribution in [0.4, 0.5) is 4.39 Å². The highest BCUT2D eigenvalue weighted by Gasteiger charge is 2.36. The SMILES string of the molecule is O=C(CCn1cncn1)NC[C@H]1CC[C@@H](Oc2cccc(F)c2)[C@@H]1O. The molecule has 3 rings (SSSR count). The number of hydrogen-bond donors (Lipinski definition) is 2. The second kappa shape index (κ2) is 8.06. The molecular formula is C17H21FN4O3. The average Bonchev–Trinajstić information content (AvgIpc) is 3.22. The fourth-order valence-electron chi connectivity index (χ4n) is 2.99. The van der Waals surface area contributed by atoms with Crippen molar-refractivity contribution in [2.45, 2.75) is 38.0 Å². The zero-order chi connectivity index (χ0) is 17.6. The molecular weight excluding hydrogens is 327 g/mol. The van der Waals surface area contributed by atoms with E-state index in [0.717, 1.165) is 6.42 Å². The number of nitrogens with zero attached hydrogens (tertiary/aromatic N) is 3. The van der Waals surface area contributed by atoms with Gasteiger partial charge in [-0.2, -0.15) is 5.10 Å². The number of nitrogens with one attached hydrogen (secondary N) is 1. The molecule has 0 saturated heterocycles. The Labute approximate surface area is 144 Å². The largest absolute Gasteiger partial charge is 0.488 e. The van der Waals surface area contributed by atoms with Gasteiger partial charge in [0.05, 0.1) is 12.6 Å². The van der Waals surface area contributed by atoms with E-state index < -0.39 is 6.10 Å². The van der Waals surface area contributed by atoms with E-state index in [1.807, 2.05) is 0 Å². The maximum Gasteiger partial charge on any atom is 0.221 e. The number of carbonyl (C=O) groups excluding carboxylic acids is 1. The summed E-state index contributed by atoms with van der Waals surface area (Å²) in [6, 6.07) is 5.87. The third-order valence-corrected chi connectivity index (χ3v) is 4.37. The van der Waals surface area contributed by atoms with Crippen LogP contribution in [-0.4, -0.2) is 44.5 Å². The van der Waals surface area contributed by atoms with Crippen molar-refractivity contribution in [2.24, 2.45) is 5.92 Å². The first-order valence-corrected chi connectivity index (χ1v) is 8.31. The van der Waals surface area contributed by atoms with Gasteiger partial charge in [-0.05, 0) is 25.0 Å². The van der Waals surface area contributed by atoms with E-state index in [-0.39, 0.29) is 23.7 Å². The lowest BCUT2D eigenvalue weighted by Gasteiger charge is -2.21. The summed E-state index contributed by atoms with van der Waals surface area (Å²) >= 11 is 0. The van der Waals surface area contributed by atoms with Crippen molar-refractivity contribution in [1.82, 2.24) is 20.1 Å². The quantitative estimate of drug-likeness (QED) is 0.783. The van der Waals surface area contributed by atoms with Crippen molar-refractivity contribution in [3.05, 3.63) is 42.7 Å². The number of aryl methyl sites for hydroxylation is 1. The number of amides is 1. The van der Waals surface area contributed by atoms with Crippen LogP contribution in [0.1, 0.15) is 19.3 Å². The van der Waals surface area contributed by atoms with Crippen LogP contribution >= 0.6 is 0 Å². The summed E-state index contributed by atoms with van der Waals surface area (Å²) < 4.78 is 20.5. The molecule has 2 N–H and O–H groups in total. The van der Waals surface area contributed by atoms with Gasteiger partial charge in [0.25, 0.3) is 0 Å². The highest BCUT2D eigenvalue weighted by Crippen LogP contribution is 2.29. The van der Waals surface area contributed by atoms with Gasteiger partial charge < -0.3 is 15.2 Å². The molecule has 1 saturated carbocycles. The molecule has 1 fully saturated rings. The molecule has 1 aliphatic carbocycles. The first kappa shape index (κ1) is 17.3. The van der Waals surface area contributed by atoms with Crippen LogP contribution in [0.15, 0.2) is 36.9 Å². The summed E-state index contributed by atoms with van der Waals surface area (Å²) in [6.07, 6.45) is 3.60. The number of aliphatic hydroxyl groups is 1. The van der Waals surface area contributed by atoms with Crippen LogP contribution in [0, 0.1) is 11.7 Å². The van der Waals surface area contributed by atoms with Crippen molar-refractivity contribution in [3.8, 4) is 5.75 Å². The third kappa shape index (κ3) is 4.76.